The molecule has 2 aromatic rings. The van der Waals surface area contributed by atoms with E-state index in [2.05, 4.69) is 15.2 Å². The van der Waals surface area contributed by atoms with Crippen LogP contribution in [0.3, 0.4) is 0 Å². The highest BCUT2D eigenvalue weighted by molar-refractivity contribution is 5.91. The van der Waals surface area contributed by atoms with E-state index in [1.807, 2.05) is 0 Å². The van der Waals surface area contributed by atoms with Crippen LogP contribution in [0.5, 0.6) is 0 Å². The quantitative estimate of drug-likeness (QED) is 0.811. The molecule has 94 valence electrons. The van der Waals surface area contributed by atoms with Gasteiger partial charge in [0.05, 0.1) is 6.54 Å². The summed E-state index contributed by atoms with van der Waals surface area (Å²) in [6.07, 6.45) is 3.39. The van der Waals surface area contributed by atoms with Crippen molar-refractivity contribution < 1.29 is 4.79 Å². The van der Waals surface area contributed by atoms with Gasteiger partial charge in [-0.15, -0.1) is 10.2 Å². The molecule has 2 aromatic heterocycles. The maximum absolute atomic E-state index is 11.6. The van der Waals surface area contributed by atoms with E-state index in [1.165, 1.54) is 4.90 Å². The minimum Gasteiger partial charge on any atom is -0.343 e. The van der Waals surface area contributed by atoms with E-state index in [-0.39, 0.29) is 5.91 Å². The van der Waals surface area contributed by atoms with Crippen LogP contribution < -0.4 is 5.73 Å². The van der Waals surface area contributed by atoms with Gasteiger partial charge < -0.3 is 10.6 Å². The SMILES string of the molecule is CN(C)C(=O)c1ccc(-n2ccnc2CN)nn1. The van der Waals surface area contributed by atoms with E-state index >= 15 is 0 Å². The summed E-state index contributed by atoms with van der Waals surface area (Å²) in [5, 5.41) is 7.90. The number of nitrogens with two attached hydrogens (primary N) is 1. The van der Waals surface area contributed by atoms with Crippen LogP contribution in [0.2, 0.25) is 0 Å². The molecule has 0 aliphatic carbocycles. The second kappa shape index (κ2) is 4.92. The summed E-state index contributed by atoms with van der Waals surface area (Å²) in [5.41, 5.74) is 5.86. The van der Waals surface area contributed by atoms with Crippen molar-refractivity contribution in [1.29, 1.82) is 0 Å². The smallest absolute Gasteiger partial charge is 0.273 e. The Balaban J connectivity index is 2.31. The van der Waals surface area contributed by atoms with Crippen LogP contribution >= 0.6 is 0 Å². The number of hydrogen-bond acceptors (Lipinski definition) is 5. The van der Waals surface area contributed by atoms with Gasteiger partial charge in [0.2, 0.25) is 0 Å². The Bertz CT molecular complexity index is 545. The lowest BCUT2D eigenvalue weighted by Gasteiger charge is -2.09. The summed E-state index contributed by atoms with van der Waals surface area (Å²) < 4.78 is 1.73. The van der Waals surface area contributed by atoms with Gasteiger partial charge in [-0.05, 0) is 12.1 Å². The van der Waals surface area contributed by atoms with Gasteiger partial charge in [0.15, 0.2) is 11.5 Å². The van der Waals surface area contributed by atoms with Crippen molar-refractivity contribution >= 4 is 5.91 Å². The number of carbonyl (C=O) groups is 1. The zero-order chi connectivity index (χ0) is 13.1. The third kappa shape index (κ3) is 2.21. The maximum atomic E-state index is 11.6. The van der Waals surface area contributed by atoms with Crippen LogP contribution in [0.25, 0.3) is 5.82 Å². The number of imidazole rings is 1. The van der Waals surface area contributed by atoms with Gasteiger partial charge in [-0.2, -0.15) is 0 Å². The van der Waals surface area contributed by atoms with Gasteiger partial charge >= 0.3 is 0 Å². The molecule has 0 bridgehead atoms. The molecule has 0 aliphatic rings. The average molecular weight is 246 g/mol. The first kappa shape index (κ1) is 12.2. The molecule has 7 nitrogen and oxygen atoms in total. The average Bonchev–Trinajstić information content (AvgIpc) is 2.86. The molecule has 0 saturated carbocycles. The van der Waals surface area contributed by atoms with E-state index in [9.17, 15) is 4.79 Å². The van der Waals surface area contributed by atoms with E-state index in [4.69, 9.17) is 5.73 Å². The summed E-state index contributed by atoms with van der Waals surface area (Å²) in [4.78, 5) is 17.2. The lowest BCUT2D eigenvalue weighted by Crippen LogP contribution is -2.23. The van der Waals surface area contributed by atoms with Gasteiger partial charge in [-0.25, -0.2) is 4.98 Å². The molecule has 18 heavy (non-hydrogen) atoms. The van der Waals surface area contributed by atoms with Gasteiger partial charge in [-0.3, -0.25) is 9.36 Å². The predicted molar refractivity (Wildman–Crippen MR) is 65.1 cm³/mol. The molecule has 0 unspecified atom stereocenters. The van der Waals surface area contributed by atoms with Gasteiger partial charge in [0.25, 0.3) is 5.91 Å². The number of amides is 1. The van der Waals surface area contributed by atoms with Crippen molar-refractivity contribution in [1.82, 2.24) is 24.6 Å². The van der Waals surface area contributed by atoms with Crippen LogP contribution in [-0.4, -0.2) is 44.7 Å². The Hall–Kier alpha value is -2.28. The number of carbonyl (C=O) groups excluding carboxylic acids is 1. The molecule has 0 aromatic carbocycles. The Kier molecular flexibility index (Phi) is 3.33. The van der Waals surface area contributed by atoms with Crippen LogP contribution in [0.15, 0.2) is 24.5 Å². The third-order valence-corrected chi connectivity index (χ3v) is 2.42. The summed E-state index contributed by atoms with van der Waals surface area (Å²) in [6.45, 7) is 0.313. The lowest BCUT2D eigenvalue weighted by atomic mass is 10.3. The van der Waals surface area contributed by atoms with Crippen LogP contribution in [0.4, 0.5) is 0 Å². The third-order valence-electron chi connectivity index (χ3n) is 2.42. The summed E-state index contributed by atoms with van der Waals surface area (Å²) in [5.74, 6) is 1.10. The Labute approximate surface area is 104 Å². The summed E-state index contributed by atoms with van der Waals surface area (Å²) in [7, 11) is 3.33. The fraction of sp³-hybridized carbons (Fsp3) is 0.273. The minimum absolute atomic E-state index is 0.182. The van der Waals surface area contributed by atoms with E-state index < -0.39 is 0 Å². The van der Waals surface area contributed by atoms with Crippen LogP contribution in [-0.2, 0) is 6.54 Å². The van der Waals surface area contributed by atoms with E-state index in [0.29, 0.717) is 23.9 Å². The maximum Gasteiger partial charge on any atom is 0.273 e. The van der Waals surface area contributed by atoms with Crippen LogP contribution in [0, 0.1) is 0 Å². The van der Waals surface area contributed by atoms with Crippen molar-refractivity contribution in [2.75, 3.05) is 14.1 Å². The largest absolute Gasteiger partial charge is 0.343 e. The van der Waals surface area contributed by atoms with Gasteiger partial charge in [0.1, 0.15) is 5.82 Å². The van der Waals surface area contributed by atoms with Crippen molar-refractivity contribution in [2.45, 2.75) is 6.54 Å². The minimum atomic E-state index is -0.182. The Morgan fingerprint density at radius 2 is 2.17 bits per heavy atom. The highest BCUT2D eigenvalue weighted by Gasteiger charge is 2.11. The summed E-state index contributed by atoms with van der Waals surface area (Å²) >= 11 is 0. The fourth-order valence-electron chi connectivity index (χ4n) is 1.49. The normalized spacial score (nSPS) is 10.4. The van der Waals surface area contributed by atoms with E-state index in [0.717, 1.165) is 0 Å². The molecule has 0 fully saturated rings. The fourth-order valence-corrected chi connectivity index (χ4v) is 1.49. The molecule has 1 amide bonds. The van der Waals surface area contributed by atoms with Gasteiger partial charge in [0, 0.05) is 26.5 Å². The van der Waals surface area contributed by atoms with Crippen molar-refractivity contribution in [2.24, 2.45) is 5.73 Å². The number of hydrogen-bond donors (Lipinski definition) is 1. The number of rotatable bonds is 3. The molecule has 2 rings (SSSR count). The highest BCUT2D eigenvalue weighted by Crippen LogP contribution is 2.07. The first-order chi connectivity index (χ1) is 8.63. The first-order valence-corrected chi connectivity index (χ1v) is 5.41. The molecule has 0 atom stereocenters. The van der Waals surface area contributed by atoms with Crippen LogP contribution in [0.1, 0.15) is 16.3 Å². The molecule has 7 heteroatoms. The topological polar surface area (TPSA) is 89.9 Å². The molecule has 0 spiro atoms. The Morgan fingerprint density at radius 1 is 1.39 bits per heavy atom. The molecular formula is C11H14N6O. The monoisotopic (exact) mass is 246 g/mol. The van der Waals surface area contributed by atoms with Crippen molar-refractivity contribution in [3.05, 3.63) is 36.0 Å². The zero-order valence-electron chi connectivity index (χ0n) is 10.2. The molecule has 0 saturated heterocycles. The second-order valence-corrected chi connectivity index (χ2v) is 3.89. The van der Waals surface area contributed by atoms with E-state index in [1.54, 1.807) is 43.2 Å². The zero-order valence-corrected chi connectivity index (χ0v) is 10.2. The molecule has 0 radical (unpaired) electrons. The standard InChI is InChI=1S/C11H14N6O/c1-16(2)11(18)8-3-4-9(15-14-8)17-6-5-13-10(17)7-12/h3-6H,7,12H2,1-2H3. The van der Waals surface area contributed by atoms with Crippen molar-refractivity contribution in [3.8, 4) is 5.82 Å². The summed E-state index contributed by atoms with van der Waals surface area (Å²) in [6, 6.07) is 3.34. The predicted octanol–water partition coefficient (Wildman–Crippen LogP) is -0.177. The number of aromatic nitrogens is 4. The molecule has 2 N–H and O–H groups in total. The molecular weight excluding hydrogens is 232 g/mol. The second-order valence-electron chi connectivity index (χ2n) is 3.89. The molecule has 0 aliphatic heterocycles. The Morgan fingerprint density at radius 3 is 2.72 bits per heavy atom. The lowest BCUT2D eigenvalue weighted by molar-refractivity contribution is 0.0821. The highest BCUT2D eigenvalue weighted by atomic mass is 16.2. The first-order valence-electron chi connectivity index (χ1n) is 5.41. The molecule has 2 heterocycles. The van der Waals surface area contributed by atoms with Crippen molar-refractivity contribution in [3.63, 3.8) is 0 Å². The van der Waals surface area contributed by atoms with Gasteiger partial charge in [-0.1, -0.05) is 0 Å². The number of nitrogens with zero attached hydrogens (tertiary/aromatic N) is 5.